The monoisotopic (exact) mass is 1020 g/mol. The first-order valence-corrected chi connectivity index (χ1v) is 24.9. The van der Waals surface area contributed by atoms with Crippen LogP contribution in [-0.2, 0) is 33.3 Å². The molecule has 376 valence electrons. The molecule has 0 bridgehead atoms. The lowest BCUT2D eigenvalue weighted by atomic mass is 9.98. The molecule has 8 rings (SSSR count). The first kappa shape index (κ1) is 51.4. The van der Waals surface area contributed by atoms with Crippen molar-refractivity contribution in [3.8, 4) is 21.9 Å². The van der Waals surface area contributed by atoms with E-state index in [1.54, 1.807) is 35.6 Å². The zero-order chi connectivity index (χ0) is 50.6. The highest BCUT2D eigenvalue weighted by Gasteiger charge is 2.33. The number of carbonyl (C=O) groups excluding carboxylic acids is 3. The Labute approximate surface area is 425 Å². The van der Waals surface area contributed by atoms with E-state index < -0.39 is 24.3 Å². The number of benzene rings is 4. The fourth-order valence-electron chi connectivity index (χ4n) is 8.56. The number of thiophene rings is 1. The lowest BCUT2D eigenvalue weighted by molar-refractivity contribution is -0.137. The van der Waals surface area contributed by atoms with Crippen LogP contribution >= 0.6 is 22.9 Å². The summed E-state index contributed by atoms with van der Waals surface area (Å²) >= 11 is 7.92. The van der Waals surface area contributed by atoms with Gasteiger partial charge in [-0.15, -0.1) is 21.5 Å². The maximum atomic E-state index is 13.8. The number of anilines is 1. The van der Waals surface area contributed by atoms with Crippen LogP contribution in [0.15, 0.2) is 102 Å². The van der Waals surface area contributed by atoms with Crippen LogP contribution in [0.5, 0.6) is 5.75 Å². The van der Waals surface area contributed by atoms with E-state index in [0.29, 0.717) is 41.3 Å². The van der Waals surface area contributed by atoms with E-state index in [0.717, 1.165) is 54.5 Å². The summed E-state index contributed by atoms with van der Waals surface area (Å²) in [7, 11) is 0. The Bertz CT molecular complexity index is 2860. The first-order chi connectivity index (χ1) is 34.9. The SMILES string of the molecule is Cc1sc2c(c1C)C(c1ccc(Cl)cc1)=N[C@@H](CC(=O)Nc1ccc(OC(COCCOCCOCCNC(=O)CCCC(=O)O)NC(=O)OCC3c4ccccc4-c4ccccc43)cc1)c1nnc(C)n1-2. The number of aliphatic carboxylic acids is 1. The second-order valence-corrected chi connectivity index (χ2v) is 18.8. The van der Waals surface area contributed by atoms with Crippen molar-refractivity contribution in [2.24, 2.45) is 4.99 Å². The third-order valence-corrected chi connectivity index (χ3v) is 13.6. The molecule has 4 N–H and O–H groups in total. The van der Waals surface area contributed by atoms with Crippen molar-refractivity contribution < 1.29 is 48.0 Å². The van der Waals surface area contributed by atoms with Gasteiger partial charge in [-0.2, -0.15) is 0 Å². The number of aromatic nitrogens is 3. The summed E-state index contributed by atoms with van der Waals surface area (Å²) in [5.41, 5.74) is 8.60. The van der Waals surface area contributed by atoms with Crippen molar-refractivity contribution in [2.45, 2.75) is 64.6 Å². The number of amides is 3. The van der Waals surface area contributed by atoms with Crippen molar-refractivity contribution in [2.75, 3.05) is 58.1 Å². The molecule has 19 heteroatoms. The van der Waals surface area contributed by atoms with E-state index in [1.807, 2.05) is 60.0 Å². The molecule has 0 saturated heterocycles. The molecule has 0 saturated carbocycles. The number of nitrogens with zero attached hydrogens (tertiary/aromatic N) is 4. The van der Waals surface area contributed by atoms with Crippen molar-refractivity contribution in [3.05, 3.63) is 146 Å². The van der Waals surface area contributed by atoms with Gasteiger partial charge in [0.2, 0.25) is 11.8 Å². The summed E-state index contributed by atoms with van der Waals surface area (Å²) in [5.74, 6) is 0.0744. The Kier molecular flexibility index (Phi) is 17.4. The molecule has 3 heterocycles. The average Bonchev–Trinajstić information content (AvgIpc) is 3.98. The predicted octanol–water partition coefficient (Wildman–Crippen LogP) is 8.49. The number of carbonyl (C=O) groups is 4. The van der Waals surface area contributed by atoms with Crippen LogP contribution in [0.2, 0.25) is 5.02 Å². The molecule has 2 aromatic heterocycles. The summed E-state index contributed by atoms with van der Waals surface area (Å²) in [6, 6.07) is 29.8. The minimum Gasteiger partial charge on any atom is -0.481 e. The van der Waals surface area contributed by atoms with Gasteiger partial charge in [0.05, 0.1) is 45.2 Å². The summed E-state index contributed by atoms with van der Waals surface area (Å²) in [5, 5.41) is 27.7. The number of fused-ring (bicyclic) bond motifs is 6. The minimum atomic E-state index is -0.969. The van der Waals surface area contributed by atoms with Crippen molar-refractivity contribution in [1.29, 1.82) is 0 Å². The lowest BCUT2D eigenvalue weighted by Gasteiger charge is -2.21. The Morgan fingerprint density at radius 1 is 0.792 bits per heavy atom. The molecule has 72 heavy (non-hydrogen) atoms. The highest BCUT2D eigenvalue weighted by atomic mass is 35.5. The third-order valence-electron chi connectivity index (χ3n) is 12.2. The van der Waals surface area contributed by atoms with Crippen molar-refractivity contribution in [1.82, 2.24) is 25.4 Å². The lowest BCUT2D eigenvalue weighted by Crippen LogP contribution is -2.43. The summed E-state index contributed by atoms with van der Waals surface area (Å²) in [6.07, 6.45) is -1.30. The van der Waals surface area contributed by atoms with Gasteiger partial charge in [-0.1, -0.05) is 72.3 Å². The summed E-state index contributed by atoms with van der Waals surface area (Å²) in [6.45, 7) is 7.67. The number of hydrogen-bond acceptors (Lipinski definition) is 13. The summed E-state index contributed by atoms with van der Waals surface area (Å²) < 4.78 is 31.1. The van der Waals surface area contributed by atoms with Crippen LogP contribution in [0.3, 0.4) is 0 Å². The Morgan fingerprint density at radius 2 is 1.46 bits per heavy atom. The second-order valence-electron chi connectivity index (χ2n) is 17.2. The fourth-order valence-corrected chi connectivity index (χ4v) is 9.90. The molecule has 0 spiro atoms. The molecule has 4 aromatic carbocycles. The molecule has 0 radical (unpaired) electrons. The van der Waals surface area contributed by atoms with Crippen LogP contribution in [-0.4, -0.2) is 108 Å². The van der Waals surface area contributed by atoms with Crippen molar-refractivity contribution in [3.63, 3.8) is 0 Å². The molecular weight excluding hydrogens is 962 g/mol. The zero-order valence-corrected chi connectivity index (χ0v) is 41.7. The quantitative estimate of drug-likeness (QED) is 0.0332. The van der Waals surface area contributed by atoms with Gasteiger partial charge in [-0.05, 0) is 91.4 Å². The van der Waals surface area contributed by atoms with Crippen LogP contribution in [0.4, 0.5) is 10.5 Å². The van der Waals surface area contributed by atoms with Gasteiger partial charge in [0, 0.05) is 52.0 Å². The molecule has 0 fully saturated rings. The topological polar surface area (TPSA) is 214 Å². The van der Waals surface area contributed by atoms with Gasteiger partial charge in [0.1, 0.15) is 35.8 Å². The van der Waals surface area contributed by atoms with Gasteiger partial charge < -0.3 is 39.4 Å². The van der Waals surface area contributed by atoms with Gasteiger partial charge in [-0.25, -0.2) is 4.79 Å². The largest absolute Gasteiger partial charge is 0.481 e. The van der Waals surface area contributed by atoms with E-state index in [1.165, 1.54) is 0 Å². The number of carboxylic acids is 1. The number of rotatable bonds is 24. The fraction of sp³-hybridized carbons (Fsp3) is 0.340. The average molecular weight is 1020 g/mol. The van der Waals surface area contributed by atoms with Gasteiger partial charge >= 0.3 is 12.1 Å². The number of aryl methyl sites for hydroxylation is 2. The molecule has 2 aliphatic rings. The standard InChI is InChI=1S/C53H56ClN7O10S/c1-32-33(2)72-52-49(32)50(35-15-17-36(54)18-16-35)57-44(51-60-59-34(3)61(51)52)29-46(63)56-37-19-21-38(22-20-37)71-47(31-69-28-27-68-26-25-67-24-23-55-45(62)13-8-14-48(64)65)58-53(66)70-30-43-41-11-6-4-9-39(41)40-10-5-7-12-42(40)43/h4-7,9-12,15-22,43-44,47H,8,13-14,23-31H2,1-3H3,(H,55,62)(H,56,63)(H,58,66)(H,64,65)/t44-,47?/m0/s1. The predicted molar refractivity (Wildman–Crippen MR) is 273 cm³/mol. The maximum absolute atomic E-state index is 13.8. The number of alkyl carbamates (subject to hydrolysis) is 1. The van der Waals surface area contributed by atoms with Crippen LogP contribution < -0.4 is 20.7 Å². The molecule has 6 aromatic rings. The van der Waals surface area contributed by atoms with E-state index in [2.05, 4.69) is 64.3 Å². The Hall–Kier alpha value is -6.96. The van der Waals surface area contributed by atoms with E-state index in [-0.39, 0.29) is 83.1 Å². The Morgan fingerprint density at radius 3 is 2.15 bits per heavy atom. The molecule has 1 unspecified atom stereocenters. The Balaban J connectivity index is 0.869. The highest BCUT2D eigenvalue weighted by molar-refractivity contribution is 7.15. The molecule has 2 atom stereocenters. The van der Waals surface area contributed by atoms with Gasteiger partial charge in [-0.3, -0.25) is 29.3 Å². The second kappa shape index (κ2) is 24.4. The normalized spacial score (nSPS) is 13.9. The molecule has 3 amide bonds. The van der Waals surface area contributed by atoms with Crippen LogP contribution in [0.25, 0.3) is 16.1 Å². The maximum Gasteiger partial charge on any atom is 0.410 e. The highest BCUT2D eigenvalue weighted by Crippen LogP contribution is 2.45. The van der Waals surface area contributed by atoms with Crippen LogP contribution in [0.1, 0.15) is 82.0 Å². The number of hydrogen-bond donors (Lipinski definition) is 4. The molecular formula is C53H56ClN7O10S. The number of ether oxygens (including phenoxy) is 5. The van der Waals surface area contributed by atoms with Gasteiger partial charge in [0.15, 0.2) is 12.1 Å². The third kappa shape index (κ3) is 12.9. The van der Waals surface area contributed by atoms with E-state index in [4.69, 9.17) is 45.4 Å². The number of carboxylic acid groups (broad SMARTS) is 1. The summed E-state index contributed by atoms with van der Waals surface area (Å²) in [4.78, 5) is 56.0. The molecule has 1 aliphatic carbocycles. The van der Waals surface area contributed by atoms with E-state index >= 15 is 0 Å². The smallest absolute Gasteiger partial charge is 0.410 e. The number of halogens is 1. The van der Waals surface area contributed by atoms with Crippen molar-refractivity contribution >= 4 is 58.2 Å². The van der Waals surface area contributed by atoms with Gasteiger partial charge in [0.25, 0.3) is 0 Å². The number of aliphatic imine (C=N–C) groups is 1. The number of nitrogens with one attached hydrogen (secondary N) is 3. The van der Waals surface area contributed by atoms with E-state index in [9.17, 15) is 19.2 Å². The van der Waals surface area contributed by atoms with Crippen LogP contribution in [0, 0.1) is 20.8 Å². The molecule has 17 nitrogen and oxygen atoms in total. The minimum absolute atomic E-state index is 0.0148. The molecule has 1 aliphatic heterocycles. The zero-order valence-electron chi connectivity index (χ0n) is 40.2. The first-order valence-electron chi connectivity index (χ1n) is 23.7.